The average molecular weight is 169 g/mol. The van der Waals surface area contributed by atoms with Gasteiger partial charge < -0.3 is 4.74 Å². The van der Waals surface area contributed by atoms with E-state index in [2.05, 4.69) is 20.4 Å². The van der Waals surface area contributed by atoms with Crippen molar-refractivity contribution in [2.24, 2.45) is 0 Å². The topological polar surface area (TPSA) is 56.1 Å². The first-order valence-electron chi connectivity index (χ1n) is 3.96. The Balaban J connectivity index is 1.86. The van der Waals surface area contributed by atoms with Crippen molar-refractivity contribution >= 4 is 0 Å². The number of tetrazole rings is 1. The fraction of sp³-hybridized carbons (Fsp3) is 0.833. The summed E-state index contributed by atoms with van der Waals surface area (Å²) in [5.41, 5.74) is 0. The highest BCUT2D eigenvalue weighted by molar-refractivity contribution is 4.58. The van der Waals surface area contributed by atoms with Gasteiger partial charge in [0.1, 0.15) is 6.33 Å². The quantitative estimate of drug-likeness (QED) is 0.566. The molecule has 2 heterocycles. The molecule has 6 heteroatoms. The van der Waals surface area contributed by atoms with E-state index in [0.717, 1.165) is 33.0 Å². The summed E-state index contributed by atoms with van der Waals surface area (Å²) in [5, 5.41) is 10.9. The zero-order valence-corrected chi connectivity index (χ0v) is 6.76. The molecule has 0 unspecified atom stereocenters. The van der Waals surface area contributed by atoms with Gasteiger partial charge >= 0.3 is 0 Å². The number of morpholine rings is 1. The Morgan fingerprint density at radius 1 is 1.33 bits per heavy atom. The van der Waals surface area contributed by atoms with E-state index >= 15 is 0 Å². The molecule has 0 atom stereocenters. The smallest absolute Gasteiger partial charge is 0.139 e. The van der Waals surface area contributed by atoms with Gasteiger partial charge in [-0.25, -0.2) is 4.68 Å². The monoisotopic (exact) mass is 169 g/mol. The van der Waals surface area contributed by atoms with Crippen LogP contribution in [-0.2, 0) is 11.4 Å². The molecule has 1 aliphatic rings. The molecule has 6 nitrogen and oxygen atoms in total. The third kappa shape index (κ3) is 1.77. The molecular formula is C6H11N5O. The summed E-state index contributed by atoms with van der Waals surface area (Å²) in [6, 6.07) is 0. The molecule has 0 amide bonds. The third-order valence-electron chi connectivity index (χ3n) is 1.84. The maximum Gasteiger partial charge on any atom is 0.139 e. The number of hydrogen-bond acceptors (Lipinski definition) is 5. The number of rotatable bonds is 2. The van der Waals surface area contributed by atoms with Crippen molar-refractivity contribution in [2.45, 2.75) is 6.67 Å². The van der Waals surface area contributed by atoms with Gasteiger partial charge in [-0.1, -0.05) is 0 Å². The molecule has 1 aromatic rings. The van der Waals surface area contributed by atoms with Crippen LogP contribution in [0, 0.1) is 0 Å². The van der Waals surface area contributed by atoms with Crippen LogP contribution in [0.5, 0.6) is 0 Å². The summed E-state index contributed by atoms with van der Waals surface area (Å²) in [5.74, 6) is 0. The Morgan fingerprint density at radius 2 is 2.17 bits per heavy atom. The van der Waals surface area contributed by atoms with Gasteiger partial charge in [0.2, 0.25) is 0 Å². The van der Waals surface area contributed by atoms with Crippen molar-refractivity contribution in [1.82, 2.24) is 25.1 Å². The van der Waals surface area contributed by atoms with Crippen molar-refractivity contribution in [3.8, 4) is 0 Å². The molecule has 1 fully saturated rings. The Labute approximate surface area is 70.1 Å². The second-order valence-electron chi connectivity index (χ2n) is 2.72. The Bertz CT molecular complexity index is 218. The molecule has 1 aromatic heterocycles. The van der Waals surface area contributed by atoms with Crippen molar-refractivity contribution in [3.05, 3.63) is 6.33 Å². The number of hydrogen-bond donors (Lipinski definition) is 0. The predicted molar refractivity (Wildman–Crippen MR) is 40.2 cm³/mol. The van der Waals surface area contributed by atoms with E-state index in [1.54, 1.807) is 11.0 Å². The van der Waals surface area contributed by atoms with Gasteiger partial charge in [-0.2, -0.15) is 0 Å². The SMILES string of the molecule is c1nnnn1CN1CCOCC1. The van der Waals surface area contributed by atoms with E-state index in [4.69, 9.17) is 4.74 Å². The summed E-state index contributed by atoms with van der Waals surface area (Å²) >= 11 is 0. The highest BCUT2D eigenvalue weighted by atomic mass is 16.5. The van der Waals surface area contributed by atoms with Crippen LogP contribution in [0.1, 0.15) is 0 Å². The van der Waals surface area contributed by atoms with Gasteiger partial charge in [-0.15, -0.1) is 5.10 Å². The van der Waals surface area contributed by atoms with Crippen LogP contribution >= 0.6 is 0 Å². The lowest BCUT2D eigenvalue weighted by Gasteiger charge is -2.25. The van der Waals surface area contributed by atoms with Crippen LogP contribution in [0.2, 0.25) is 0 Å². The Kier molecular flexibility index (Phi) is 2.28. The molecule has 12 heavy (non-hydrogen) atoms. The Morgan fingerprint density at radius 3 is 2.83 bits per heavy atom. The lowest BCUT2D eigenvalue weighted by molar-refractivity contribution is 0.0210. The number of ether oxygens (including phenoxy) is 1. The first kappa shape index (κ1) is 7.63. The van der Waals surface area contributed by atoms with Crippen LogP contribution in [0.25, 0.3) is 0 Å². The normalized spacial score (nSPS) is 19.7. The molecule has 1 aliphatic heterocycles. The first-order chi connectivity index (χ1) is 5.95. The van der Waals surface area contributed by atoms with Gasteiger partial charge in [0.05, 0.1) is 19.9 Å². The fourth-order valence-electron chi connectivity index (χ4n) is 1.19. The molecule has 0 saturated carbocycles. The van der Waals surface area contributed by atoms with E-state index < -0.39 is 0 Å². The largest absolute Gasteiger partial charge is 0.379 e. The number of aromatic nitrogens is 4. The lowest BCUT2D eigenvalue weighted by atomic mass is 10.4. The molecule has 0 radical (unpaired) electrons. The molecule has 0 aliphatic carbocycles. The van der Waals surface area contributed by atoms with Gasteiger partial charge in [-0.05, 0) is 10.4 Å². The molecular weight excluding hydrogens is 158 g/mol. The van der Waals surface area contributed by atoms with Gasteiger partial charge in [-0.3, -0.25) is 4.90 Å². The second kappa shape index (κ2) is 3.59. The molecule has 0 aromatic carbocycles. The maximum atomic E-state index is 5.22. The second-order valence-corrected chi connectivity index (χ2v) is 2.72. The summed E-state index contributed by atoms with van der Waals surface area (Å²) < 4.78 is 6.93. The van der Waals surface area contributed by atoms with Crippen LogP contribution in [0.4, 0.5) is 0 Å². The fourth-order valence-corrected chi connectivity index (χ4v) is 1.19. The van der Waals surface area contributed by atoms with Crippen LogP contribution in [0.3, 0.4) is 0 Å². The highest BCUT2D eigenvalue weighted by Crippen LogP contribution is 1.97. The zero-order chi connectivity index (χ0) is 8.23. The highest BCUT2D eigenvalue weighted by Gasteiger charge is 2.10. The maximum absolute atomic E-state index is 5.22. The van der Waals surface area contributed by atoms with E-state index in [1.165, 1.54) is 0 Å². The molecule has 0 bridgehead atoms. The van der Waals surface area contributed by atoms with E-state index in [0.29, 0.717) is 0 Å². The van der Waals surface area contributed by atoms with Gasteiger partial charge in [0, 0.05) is 13.1 Å². The van der Waals surface area contributed by atoms with Crippen molar-refractivity contribution in [3.63, 3.8) is 0 Å². The van der Waals surface area contributed by atoms with Crippen LogP contribution < -0.4 is 0 Å². The minimum absolute atomic E-state index is 0.760. The van der Waals surface area contributed by atoms with E-state index in [1.807, 2.05) is 0 Å². The summed E-state index contributed by atoms with van der Waals surface area (Å²) in [4.78, 5) is 2.25. The molecule has 2 rings (SSSR count). The first-order valence-corrected chi connectivity index (χ1v) is 3.96. The minimum atomic E-state index is 0.760. The summed E-state index contributed by atoms with van der Waals surface area (Å²) in [6.45, 7) is 4.29. The predicted octanol–water partition coefficient (Wildman–Crippen LogP) is -1.04. The van der Waals surface area contributed by atoms with Crippen molar-refractivity contribution in [1.29, 1.82) is 0 Å². The summed E-state index contributed by atoms with van der Waals surface area (Å²) in [6.07, 6.45) is 1.62. The standard InChI is InChI=1S/C6H11N5O/c1-3-12-4-2-10(1)6-11-5-7-8-9-11/h5H,1-4,6H2. The van der Waals surface area contributed by atoms with Crippen molar-refractivity contribution in [2.75, 3.05) is 26.3 Å². The van der Waals surface area contributed by atoms with E-state index in [9.17, 15) is 0 Å². The van der Waals surface area contributed by atoms with E-state index in [-0.39, 0.29) is 0 Å². The minimum Gasteiger partial charge on any atom is -0.379 e. The van der Waals surface area contributed by atoms with Crippen LogP contribution in [0.15, 0.2) is 6.33 Å². The molecule has 1 saturated heterocycles. The lowest BCUT2D eigenvalue weighted by Crippen LogP contribution is -2.37. The average Bonchev–Trinajstić information content (AvgIpc) is 2.59. The Hall–Kier alpha value is -1.01. The van der Waals surface area contributed by atoms with Crippen molar-refractivity contribution < 1.29 is 4.74 Å². The van der Waals surface area contributed by atoms with Crippen LogP contribution in [-0.4, -0.2) is 51.4 Å². The van der Waals surface area contributed by atoms with Gasteiger partial charge in [0.25, 0.3) is 0 Å². The van der Waals surface area contributed by atoms with Gasteiger partial charge in [0.15, 0.2) is 0 Å². The molecule has 0 N–H and O–H groups in total. The molecule has 0 spiro atoms. The zero-order valence-electron chi connectivity index (χ0n) is 6.76. The number of nitrogens with zero attached hydrogens (tertiary/aromatic N) is 5. The molecule has 66 valence electrons. The third-order valence-corrected chi connectivity index (χ3v) is 1.84. The summed E-state index contributed by atoms with van der Waals surface area (Å²) in [7, 11) is 0.